The lowest BCUT2D eigenvalue weighted by atomic mass is 10.1. The van der Waals surface area contributed by atoms with Gasteiger partial charge in [-0.2, -0.15) is 0 Å². The first-order valence-electron chi connectivity index (χ1n) is 4.91. The molecule has 4 heteroatoms. The summed E-state index contributed by atoms with van der Waals surface area (Å²) < 4.78 is 2.91. The Hall–Kier alpha value is -1.43. The van der Waals surface area contributed by atoms with E-state index in [1.54, 1.807) is 0 Å². The van der Waals surface area contributed by atoms with E-state index in [1.807, 2.05) is 53.0 Å². The van der Waals surface area contributed by atoms with E-state index < -0.39 is 0 Å². The van der Waals surface area contributed by atoms with Crippen LogP contribution in [0.3, 0.4) is 0 Å². The van der Waals surface area contributed by atoms with Gasteiger partial charge in [-0.15, -0.1) is 5.10 Å². The fourth-order valence-corrected chi connectivity index (χ4v) is 2.25. The Labute approximate surface area is 106 Å². The van der Waals surface area contributed by atoms with Crippen LogP contribution in [0.1, 0.15) is 0 Å². The standard InChI is InChI=1S/C12H8IN3/c13-11-8-4-7-10-12(14-15-16(10)11)9-5-2-1-3-6-9/h1-8H. The molecule has 0 saturated carbocycles. The molecule has 0 aliphatic carbocycles. The van der Waals surface area contributed by atoms with Gasteiger partial charge in [0, 0.05) is 5.56 Å². The topological polar surface area (TPSA) is 30.2 Å². The molecule has 0 bridgehead atoms. The van der Waals surface area contributed by atoms with Gasteiger partial charge in [-0.3, -0.25) is 0 Å². The smallest absolute Gasteiger partial charge is 0.120 e. The van der Waals surface area contributed by atoms with Crippen LogP contribution in [0.4, 0.5) is 0 Å². The van der Waals surface area contributed by atoms with Crippen LogP contribution in [-0.2, 0) is 0 Å². The number of aromatic nitrogens is 3. The lowest BCUT2D eigenvalue weighted by molar-refractivity contribution is 0.838. The summed E-state index contributed by atoms with van der Waals surface area (Å²) in [6.07, 6.45) is 0. The van der Waals surface area contributed by atoms with Gasteiger partial charge < -0.3 is 0 Å². The van der Waals surface area contributed by atoms with Gasteiger partial charge in [0.05, 0.1) is 5.52 Å². The monoisotopic (exact) mass is 321 g/mol. The zero-order valence-corrected chi connectivity index (χ0v) is 10.5. The zero-order valence-electron chi connectivity index (χ0n) is 8.34. The average molecular weight is 321 g/mol. The molecule has 0 aliphatic heterocycles. The van der Waals surface area contributed by atoms with Crippen LogP contribution in [0.25, 0.3) is 16.8 Å². The Morgan fingerprint density at radius 1 is 0.938 bits per heavy atom. The van der Waals surface area contributed by atoms with E-state index >= 15 is 0 Å². The van der Waals surface area contributed by atoms with Crippen molar-refractivity contribution in [3.05, 3.63) is 52.2 Å². The van der Waals surface area contributed by atoms with Crippen LogP contribution >= 0.6 is 22.6 Å². The van der Waals surface area contributed by atoms with Gasteiger partial charge in [-0.05, 0) is 34.7 Å². The highest BCUT2D eigenvalue weighted by atomic mass is 127. The first kappa shape index (κ1) is 9.77. The van der Waals surface area contributed by atoms with Gasteiger partial charge in [0.15, 0.2) is 0 Å². The Bertz CT molecular complexity index is 631. The van der Waals surface area contributed by atoms with Crippen LogP contribution in [-0.4, -0.2) is 14.8 Å². The summed E-state index contributed by atoms with van der Waals surface area (Å²) in [6, 6.07) is 16.2. The maximum absolute atomic E-state index is 4.23. The molecule has 1 aromatic carbocycles. The third-order valence-corrected chi connectivity index (χ3v) is 3.26. The van der Waals surface area contributed by atoms with Gasteiger partial charge in [-0.1, -0.05) is 41.6 Å². The summed E-state index contributed by atoms with van der Waals surface area (Å²) in [5.74, 6) is 0. The predicted octanol–water partition coefficient (Wildman–Crippen LogP) is 3.00. The lowest BCUT2D eigenvalue weighted by Gasteiger charge is -1.97. The summed E-state index contributed by atoms with van der Waals surface area (Å²) >= 11 is 2.25. The van der Waals surface area contributed by atoms with Gasteiger partial charge in [-0.25, -0.2) is 4.52 Å². The van der Waals surface area contributed by atoms with Crippen molar-refractivity contribution in [1.29, 1.82) is 0 Å². The minimum atomic E-state index is 0.930. The Kier molecular flexibility index (Phi) is 2.36. The second kappa shape index (κ2) is 3.86. The molecule has 2 aromatic heterocycles. The molecule has 16 heavy (non-hydrogen) atoms. The molecule has 0 radical (unpaired) electrons. The molecule has 0 N–H and O–H groups in total. The number of rotatable bonds is 1. The van der Waals surface area contributed by atoms with E-state index in [0.29, 0.717) is 0 Å². The quantitative estimate of drug-likeness (QED) is 0.509. The maximum atomic E-state index is 4.23. The number of nitrogens with zero attached hydrogens (tertiary/aromatic N) is 3. The van der Waals surface area contributed by atoms with Crippen molar-refractivity contribution in [1.82, 2.24) is 14.8 Å². The largest absolute Gasteiger partial charge is 0.207 e. The molecule has 0 unspecified atom stereocenters. The number of halogens is 1. The van der Waals surface area contributed by atoms with Crippen LogP contribution < -0.4 is 0 Å². The predicted molar refractivity (Wildman–Crippen MR) is 71.1 cm³/mol. The normalized spacial score (nSPS) is 10.8. The second-order valence-corrected chi connectivity index (χ2v) is 4.55. The lowest BCUT2D eigenvalue weighted by Crippen LogP contribution is -1.91. The van der Waals surface area contributed by atoms with Crippen molar-refractivity contribution in [2.75, 3.05) is 0 Å². The second-order valence-electron chi connectivity index (χ2n) is 3.45. The van der Waals surface area contributed by atoms with Gasteiger partial charge in [0.1, 0.15) is 9.39 Å². The highest BCUT2D eigenvalue weighted by molar-refractivity contribution is 14.1. The van der Waals surface area contributed by atoms with E-state index in [9.17, 15) is 0 Å². The molecule has 0 atom stereocenters. The van der Waals surface area contributed by atoms with Gasteiger partial charge in [0.2, 0.25) is 0 Å². The molecule has 0 aliphatic rings. The highest BCUT2D eigenvalue weighted by Crippen LogP contribution is 2.22. The van der Waals surface area contributed by atoms with Crippen molar-refractivity contribution in [3.63, 3.8) is 0 Å². The summed E-state index contributed by atoms with van der Waals surface area (Å²) in [4.78, 5) is 0. The zero-order chi connectivity index (χ0) is 11.0. The van der Waals surface area contributed by atoms with Crippen molar-refractivity contribution in [2.45, 2.75) is 0 Å². The molecular formula is C12H8IN3. The number of fused-ring (bicyclic) bond motifs is 1. The molecular weight excluding hydrogens is 313 g/mol. The van der Waals surface area contributed by atoms with Crippen molar-refractivity contribution < 1.29 is 0 Å². The molecule has 3 aromatic rings. The number of hydrogen-bond donors (Lipinski definition) is 0. The molecule has 0 amide bonds. The minimum absolute atomic E-state index is 0.930. The van der Waals surface area contributed by atoms with E-state index in [-0.39, 0.29) is 0 Å². The van der Waals surface area contributed by atoms with Gasteiger partial charge >= 0.3 is 0 Å². The maximum Gasteiger partial charge on any atom is 0.120 e. The van der Waals surface area contributed by atoms with Crippen LogP contribution in [0, 0.1) is 3.70 Å². The van der Waals surface area contributed by atoms with Gasteiger partial charge in [0.25, 0.3) is 0 Å². The SMILES string of the molecule is Ic1cccc2c(-c3ccccc3)nnn12. The molecule has 3 nitrogen and oxygen atoms in total. The molecule has 0 saturated heterocycles. The van der Waals surface area contributed by atoms with Crippen molar-refractivity contribution in [3.8, 4) is 11.3 Å². The van der Waals surface area contributed by atoms with Crippen LogP contribution in [0.2, 0.25) is 0 Å². The van der Waals surface area contributed by atoms with Crippen LogP contribution in [0.5, 0.6) is 0 Å². The molecule has 0 fully saturated rings. The molecule has 2 heterocycles. The molecule has 78 valence electrons. The molecule has 0 spiro atoms. The fourth-order valence-electron chi connectivity index (χ4n) is 1.69. The number of hydrogen-bond acceptors (Lipinski definition) is 2. The van der Waals surface area contributed by atoms with Crippen molar-refractivity contribution >= 4 is 28.1 Å². The minimum Gasteiger partial charge on any atom is -0.207 e. The summed E-state index contributed by atoms with van der Waals surface area (Å²) in [5, 5.41) is 8.39. The Balaban J connectivity index is 2.30. The number of pyridine rings is 1. The number of benzene rings is 1. The summed E-state index contributed by atoms with van der Waals surface area (Å²) in [7, 11) is 0. The summed E-state index contributed by atoms with van der Waals surface area (Å²) in [6.45, 7) is 0. The third kappa shape index (κ3) is 1.49. The third-order valence-electron chi connectivity index (χ3n) is 2.44. The van der Waals surface area contributed by atoms with E-state index in [1.165, 1.54) is 0 Å². The van der Waals surface area contributed by atoms with E-state index in [0.717, 1.165) is 20.5 Å². The Morgan fingerprint density at radius 2 is 1.75 bits per heavy atom. The fraction of sp³-hybridized carbons (Fsp3) is 0. The van der Waals surface area contributed by atoms with E-state index in [4.69, 9.17) is 0 Å². The first-order chi connectivity index (χ1) is 7.86. The Morgan fingerprint density at radius 3 is 2.56 bits per heavy atom. The summed E-state index contributed by atoms with van der Waals surface area (Å²) in [5.41, 5.74) is 3.07. The van der Waals surface area contributed by atoms with Crippen molar-refractivity contribution in [2.24, 2.45) is 0 Å². The molecule has 3 rings (SSSR count). The highest BCUT2D eigenvalue weighted by Gasteiger charge is 2.08. The van der Waals surface area contributed by atoms with Crippen LogP contribution in [0.15, 0.2) is 48.5 Å². The van der Waals surface area contributed by atoms with E-state index in [2.05, 4.69) is 32.9 Å². The first-order valence-corrected chi connectivity index (χ1v) is 5.99. The average Bonchev–Trinajstić information content (AvgIpc) is 2.75.